The van der Waals surface area contributed by atoms with Crippen LogP contribution in [0.2, 0.25) is 0 Å². The highest BCUT2D eigenvalue weighted by Gasteiger charge is 2.15. The van der Waals surface area contributed by atoms with Gasteiger partial charge in [-0.05, 0) is 17.7 Å². The Kier molecular flexibility index (Phi) is 6.71. The van der Waals surface area contributed by atoms with Gasteiger partial charge in [0.25, 0.3) is 5.91 Å². The van der Waals surface area contributed by atoms with E-state index in [9.17, 15) is 14.4 Å². The number of nitrogens with one attached hydrogen (secondary N) is 2. The van der Waals surface area contributed by atoms with Crippen molar-refractivity contribution >= 4 is 24.0 Å². The van der Waals surface area contributed by atoms with Crippen LogP contribution in [0.5, 0.6) is 0 Å². The van der Waals surface area contributed by atoms with Crippen LogP contribution in [0, 0.1) is 11.3 Å². The molecule has 132 valence electrons. The Hall–Kier alpha value is -3.86. The Morgan fingerprint density at radius 3 is 2.58 bits per heavy atom. The predicted octanol–water partition coefficient (Wildman–Crippen LogP) is 1.76. The highest BCUT2D eigenvalue weighted by molar-refractivity contribution is 6.00. The van der Waals surface area contributed by atoms with Gasteiger partial charge in [-0.3, -0.25) is 10.1 Å². The molecule has 2 rings (SSSR count). The zero-order valence-electron chi connectivity index (χ0n) is 13.6. The molecule has 1 aromatic carbocycles. The largest absolute Gasteiger partial charge is 0.465 e. The van der Waals surface area contributed by atoms with Gasteiger partial charge in [-0.25, -0.2) is 9.59 Å². The molecule has 8 heteroatoms. The van der Waals surface area contributed by atoms with Gasteiger partial charge in [0.1, 0.15) is 17.4 Å². The number of nitrogens with zero attached hydrogens (tertiary/aromatic N) is 1. The smallest absolute Gasteiger partial charge is 0.349 e. The summed E-state index contributed by atoms with van der Waals surface area (Å²) in [5.74, 6) is -1.52. The fourth-order valence-electron chi connectivity index (χ4n) is 1.85. The van der Waals surface area contributed by atoms with Crippen molar-refractivity contribution in [1.29, 1.82) is 5.26 Å². The minimum absolute atomic E-state index is 0.240. The third-order valence-corrected chi connectivity index (χ3v) is 3.05. The maximum absolute atomic E-state index is 11.8. The third kappa shape index (κ3) is 5.98. The number of hydrogen-bond acceptors (Lipinski definition) is 6. The van der Waals surface area contributed by atoms with E-state index < -0.39 is 24.5 Å². The van der Waals surface area contributed by atoms with Crippen LogP contribution < -0.4 is 10.6 Å². The van der Waals surface area contributed by atoms with Gasteiger partial charge >= 0.3 is 12.0 Å². The first-order valence-corrected chi connectivity index (χ1v) is 7.52. The SMILES string of the molecule is N#C/C(=C\c1ccco1)C(=O)OCC(=O)NC(=O)NCc1ccccc1. The van der Waals surface area contributed by atoms with Crippen LogP contribution in [-0.2, 0) is 20.9 Å². The molecule has 1 heterocycles. The quantitative estimate of drug-likeness (QED) is 0.464. The number of urea groups is 1. The van der Waals surface area contributed by atoms with Gasteiger partial charge in [0.05, 0.1) is 6.26 Å². The molecule has 0 atom stereocenters. The average Bonchev–Trinajstić information content (AvgIpc) is 3.16. The summed E-state index contributed by atoms with van der Waals surface area (Å²) >= 11 is 0. The number of carbonyl (C=O) groups excluding carboxylic acids is 3. The maximum atomic E-state index is 11.8. The number of ether oxygens (including phenoxy) is 1. The summed E-state index contributed by atoms with van der Waals surface area (Å²) in [5.41, 5.74) is 0.532. The van der Waals surface area contributed by atoms with Crippen LogP contribution in [0.3, 0.4) is 0 Å². The van der Waals surface area contributed by atoms with Crippen molar-refractivity contribution < 1.29 is 23.5 Å². The summed E-state index contributed by atoms with van der Waals surface area (Å²) in [6, 6.07) is 13.2. The van der Waals surface area contributed by atoms with E-state index in [1.165, 1.54) is 12.3 Å². The predicted molar refractivity (Wildman–Crippen MR) is 90.1 cm³/mol. The molecule has 0 radical (unpaired) electrons. The lowest BCUT2D eigenvalue weighted by Crippen LogP contribution is -2.41. The molecule has 1 aromatic heterocycles. The maximum Gasteiger partial charge on any atom is 0.349 e. The van der Waals surface area contributed by atoms with Gasteiger partial charge in [-0.2, -0.15) is 5.26 Å². The zero-order valence-corrected chi connectivity index (χ0v) is 13.6. The lowest BCUT2D eigenvalue weighted by atomic mass is 10.2. The lowest BCUT2D eigenvalue weighted by Gasteiger charge is -2.07. The second kappa shape index (κ2) is 9.44. The summed E-state index contributed by atoms with van der Waals surface area (Å²) in [6.45, 7) is -0.459. The highest BCUT2D eigenvalue weighted by atomic mass is 16.5. The van der Waals surface area contributed by atoms with Gasteiger partial charge in [-0.1, -0.05) is 30.3 Å². The molecule has 0 fully saturated rings. The van der Waals surface area contributed by atoms with Gasteiger partial charge in [-0.15, -0.1) is 0 Å². The number of rotatable bonds is 6. The Labute approximate surface area is 149 Å². The number of benzene rings is 1. The Balaban J connectivity index is 1.76. The summed E-state index contributed by atoms with van der Waals surface area (Å²) < 4.78 is 9.70. The van der Waals surface area contributed by atoms with E-state index in [-0.39, 0.29) is 12.1 Å². The molecular weight excluding hydrogens is 338 g/mol. The van der Waals surface area contributed by atoms with Crippen molar-refractivity contribution in [1.82, 2.24) is 10.6 Å². The Morgan fingerprint density at radius 1 is 1.15 bits per heavy atom. The zero-order chi connectivity index (χ0) is 18.8. The highest BCUT2D eigenvalue weighted by Crippen LogP contribution is 2.08. The number of carbonyl (C=O) groups is 3. The summed E-state index contributed by atoms with van der Waals surface area (Å²) in [7, 11) is 0. The fourth-order valence-corrected chi connectivity index (χ4v) is 1.85. The van der Waals surface area contributed by atoms with Crippen molar-refractivity contribution in [2.45, 2.75) is 6.54 Å². The second-order valence-electron chi connectivity index (χ2n) is 4.98. The van der Waals surface area contributed by atoms with Gasteiger partial charge in [0.15, 0.2) is 6.61 Å². The molecule has 8 nitrogen and oxygen atoms in total. The number of furan rings is 1. The van der Waals surface area contributed by atoms with Crippen molar-refractivity contribution in [3.8, 4) is 6.07 Å². The van der Waals surface area contributed by atoms with Gasteiger partial charge < -0.3 is 14.5 Å². The lowest BCUT2D eigenvalue weighted by molar-refractivity contribution is -0.144. The molecule has 0 saturated heterocycles. The Morgan fingerprint density at radius 2 is 1.92 bits per heavy atom. The second-order valence-corrected chi connectivity index (χ2v) is 4.98. The van der Waals surface area contributed by atoms with Crippen LogP contribution >= 0.6 is 0 Å². The number of hydrogen-bond donors (Lipinski definition) is 2. The Bertz CT molecular complexity index is 835. The minimum Gasteiger partial charge on any atom is -0.465 e. The molecular formula is C18H15N3O5. The fraction of sp³-hybridized carbons (Fsp3) is 0.111. The first-order valence-electron chi connectivity index (χ1n) is 7.52. The molecule has 2 aromatic rings. The van der Waals surface area contributed by atoms with Crippen molar-refractivity contribution in [2.75, 3.05) is 6.61 Å². The summed E-state index contributed by atoms with van der Waals surface area (Å²) in [5, 5.41) is 13.5. The number of esters is 1. The van der Waals surface area contributed by atoms with E-state index in [4.69, 9.17) is 14.4 Å². The van der Waals surface area contributed by atoms with E-state index in [0.717, 1.165) is 5.56 Å². The van der Waals surface area contributed by atoms with Crippen molar-refractivity contribution in [3.05, 3.63) is 65.6 Å². The van der Waals surface area contributed by atoms with E-state index in [2.05, 4.69) is 5.32 Å². The molecule has 0 spiro atoms. The molecule has 0 unspecified atom stereocenters. The van der Waals surface area contributed by atoms with Crippen LogP contribution in [0.4, 0.5) is 4.79 Å². The first kappa shape index (κ1) is 18.5. The van der Waals surface area contributed by atoms with Crippen molar-refractivity contribution in [3.63, 3.8) is 0 Å². The standard InChI is InChI=1S/C18H15N3O5/c19-10-14(9-15-7-4-8-25-15)17(23)26-12-16(22)21-18(24)20-11-13-5-2-1-3-6-13/h1-9H,11-12H2,(H2,20,21,22,24)/b14-9+. The van der Waals surface area contributed by atoms with Crippen molar-refractivity contribution in [2.24, 2.45) is 0 Å². The minimum atomic E-state index is -0.997. The molecule has 2 N–H and O–H groups in total. The first-order chi connectivity index (χ1) is 12.6. The average molecular weight is 353 g/mol. The van der Waals surface area contributed by atoms with Crippen LogP contribution in [0.25, 0.3) is 6.08 Å². The monoisotopic (exact) mass is 353 g/mol. The third-order valence-electron chi connectivity index (χ3n) is 3.05. The van der Waals surface area contributed by atoms with E-state index in [0.29, 0.717) is 5.76 Å². The van der Waals surface area contributed by atoms with Gasteiger partial charge in [0, 0.05) is 12.6 Å². The van der Waals surface area contributed by atoms with E-state index >= 15 is 0 Å². The van der Waals surface area contributed by atoms with Crippen LogP contribution in [0.1, 0.15) is 11.3 Å². The summed E-state index contributed by atoms with van der Waals surface area (Å²) in [6.07, 6.45) is 2.57. The molecule has 3 amide bonds. The topological polar surface area (TPSA) is 121 Å². The molecule has 26 heavy (non-hydrogen) atoms. The molecule has 0 aliphatic rings. The molecule has 0 saturated carbocycles. The molecule has 0 aliphatic heterocycles. The number of nitriles is 1. The van der Waals surface area contributed by atoms with Crippen LogP contribution in [-0.4, -0.2) is 24.5 Å². The normalized spacial score (nSPS) is 10.5. The molecule has 0 aliphatic carbocycles. The van der Waals surface area contributed by atoms with Gasteiger partial charge in [0.2, 0.25) is 0 Å². The summed E-state index contributed by atoms with van der Waals surface area (Å²) in [4.78, 5) is 35.0. The number of imide groups is 1. The van der Waals surface area contributed by atoms with E-state index in [1.54, 1.807) is 18.2 Å². The number of amides is 3. The van der Waals surface area contributed by atoms with E-state index in [1.807, 2.05) is 35.6 Å². The van der Waals surface area contributed by atoms with Crippen LogP contribution in [0.15, 0.2) is 58.7 Å². The molecule has 0 bridgehead atoms.